The zero-order valence-electron chi connectivity index (χ0n) is 16.1. The summed E-state index contributed by atoms with van der Waals surface area (Å²) in [6.07, 6.45) is 7.37. The number of nitrogens with zero attached hydrogens (tertiary/aromatic N) is 1. The van der Waals surface area contributed by atoms with Gasteiger partial charge in [-0.15, -0.1) is 0 Å². The van der Waals surface area contributed by atoms with E-state index in [2.05, 4.69) is 22.1 Å². The monoisotopic (exact) mass is 386 g/mol. The van der Waals surface area contributed by atoms with Crippen molar-refractivity contribution >= 4 is 0 Å². The third-order valence-corrected chi connectivity index (χ3v) is 4.91. The van der Waals surface area contributed by atoms with Gasteiger partial charge in [-0.05, 0) is 53.8 Å². The first-order valence-corrected chi connectivity index (χ1v) is 9.79. The molecule has 0 saturated heterocycles. The molecule has 0 unspecified atom stereocenters. The quantitative estimate of drug-likeness (QED) is 0.375. The number of aromatic nitrogens is 2. The topological polar surface area (TPSA) is 37.9 Å². The van der Waals surface area contributed by atoms with Gasteiger partial charge in [-0.1, -0.05) is 42.5 Å². The minimum absolute atomic E-state index is 0.231. The number of hydrogen-bond acceptors (Lipinski definition) is 2. The molecular formula is C25H23FN2O. The van der Waals surface area contributed by atoms with Gasteiger partial charge in [-0.3, -0.25) is 4.98 Å². The van der Waals surface area contributed by atoms with E-state index in [0.29, 0.717) is 13.2 Å². The average Bonchev–Trinajstić information content (AvgIpc) is 3.19. The summed E-state index contributed by atoms with van der Waals surface area (Å²) in [6.45, 7) is 1.32. The van der Waals surface area contributed by atoms with Gasteiger partial charge in [0.05, 0.1) is 6.61 Å². The van der Waals surface area contributed by atoms with Crippen LogP contribution in [0.5, 0.6) is 0 Å². The Kier molecular flexibility index (Phi) is 6.13. The standard InChI is InChI=1S/C25H23FN2O/c26-22-10-8-20(9-11-22)23-17-28-24(25(23)21-12-14-27-15-13-21)7-4-16-29-18-19-5-2-1-3-6-19/h1-3,5-6,8-15,17,28H,4,7,16,18H2. The predicted molar refractivity (Wildman–Crippen MR) is 114 cm³/mol. The van der Waals surface area contributed by atoms with E-state index in [4.69, 9.17) is 4.74 Å². The molecule has 4 aromatic rings. The molecule has 0 fully saturated rings. The summed E-state index contributed by atoms with van der Waals surface area (Å²) in [5, 5.41) is 0. The van der Waals surface area contributed by atoms with E-state index in [1.807, 2.05) is 48.7 Å². The summed E-state index contributed by atoms with van der Waals surface area (Å²) in [5.41, 5.74) is 6.63. The number of pyridine rings is 1. The maximum Gasteiger partial charge on any atom is 0.123 e. The van der Waals surface area contributed by atoms with Crippen LogP contribution in [0.4, 0.5) is 4.39 Å². The van der Waals surface area contributed by atoms with Crippen molar-refractivity contribution < 1.29 is 9.13 Å². The SMILES string of the molecule is Fc1ccc(-c2c[nH]c(CCCOCc3ccccc3)c2-c2ccncc2)cc1. The fourth-order valence-corrected chi connectivity index (χ4v) is 3.48. The van der Waals surface area contributed by atoms with Crippen molar-refractivity contribution in [2.45, 2.75) is 19.4 Å². The second-order valence-electron chi connectivity index (χ2n) is 6.94. The second kappa shape index (κ2) is 9.30. The summed E-state index contributed by atoms with van der Waals surface area (Å²) in [4.78, 5) is 7.56. The minimum Gasteiger partial charge on any atom is -0.377 e. The summed E-state index contributed by atoms with van der Waals surface area (Å²) >= 11 is 0. The van der Waals surface area contributed by atoms with Gasteiger partial charge in [0.1, 0.15) is 5.82 Å². The highest BCUT2D eigenvalue weighted by Crippen LogP contribution is 2.35. The smallest absolute Gasteiger partial charge is 0.123 e. The summed E-state index contributed by atoms with van der Waals surface area (Å²) in [6, 6.07) is 20.8. The van der Waals surface area contributed by atoms with Crippen molar-refractivity contribution in [3.8, 4) is 22.3 Å². The molecule has 0 amide bonds. The largest absolute Gasteiger partial charge is 0.377 e. The van der Waals surface area contributed by atoms with Crippen molar-refractivity contribution in [1.82, 2.24) is 9.97 Å². The Hall–Kier alpha value is -3.24. The molecular weight excluding hydrogens is 363 g/mol. The normalized spacial score (nSPS) is 10.9. The molecule has 2 aromatic heterocycles. The number of hydrogen-bond donors (Lipinski definition) is 1. The third-order valence-electron chi connectivity index (χ3n) is 4.91. The summed E-state index contributed by atoms with van der Waals surface area (Å²) in [7, 11) is 0. The Morgan fingerprint density at radius 3 is 2.38 bits per heavy atom. The minimum atomic E-state index is -0.231. The number of rotatable bonds is 8. The zero-order chi connectivity index (χ0) is 19.9. The van der Waals surface area contributed by atoms with Crippen molar-refractivity contribution in [2.24, 2.45) is 0 Å². The van der Waals surface area contributed by atoms with E-state index in [-0.39, 0.29) is 5.82 Å². The summed E-state index contributed by atoms with van der Waals surface area (Å²) in [5.74, 6) is -0.231. The molecule has 1 N–H and O–H groups in total. The highest BCUT2D eigenvalue weighted by molar-refractivity contribution is 5.85. The Balaban J connectivity index is 1.48. The van der Waals surface area contributed by atoms with Crippen LogP contribution in [0.15, 0.2) is 85.3 Å². The van der Waals surface area contributed by atoms with Gasteiger partial charge in [0.2, 0.25) is 0 Å². The lowest BCUT2D eigenvalue weighted by molar-refractivity contribution is 0.118. The van der Waals surface area contributed by atoms with Gasteiger partial charge in [-0.2, -0.15) is 0 Å². The second-order valence-corrected chi connectivity index (χ2v) is 6.94. The highest BCUT2D eigenvalue weighted by Gasteiger charge is 2.15. The van der Waals surface area contributed by atoms with Crippen molar-refractivity contribution in [3.63, 3.8) is 0 Å². The fourth-order valence-electron chi connectivity index (χ4n) is 3.48. The molecule has 146 valence electrons. The van der Waals surface area contributed by atoms with Crippen LogP contribution in [0.25, 0.3) is 22.3 Å². The number of aryl methyl sites for hydroxylation is 1. The van der Waals surface area contributed by atoms with Gasteiger partial charge in [0.25, 0.3) is 0 Å². The lowest BCUT2D eigenvalue weighted by Gasteiger charge is -2.09. The Morgan fingerprint density at radius 1 is 0.862 bits per heavy atom. The Bertz CT molecular complexity index is 1030. The van der Waals surface area contributed by atoms with Crippen molar-refractivity contribution in [2.75, 3.05) is 6.61 Å². The molecule has 0 bridgehead atoms. The van der Waals surface area contributed by atoms with Gasteiger partial charge in [-0.25, -0.2) is 4.39 Å². The number of H-pyrrole nitrogens is 1. The van der Waals surface area contributed by atoms with Crippen LogP contribution in [0.1, 0.15) is 17.7 Å². The van der Waals surface area contributed by atoms with E-state index in [0.717, 1.165) is 40.8 Å². The first-order chi connectivity index (χ1) is 14.3. The van der Waals surface area contributed by atoms with E-state index < -0.39 is 0 Å². The Morgan fingerprint density at radius 2 is 1.62 bits per heavy atom. The van der Waals surface area contributed by atoms with Crippen LogP contribution in [-0.2, 0) is 17.8 Å². The van der Waals surface area contributed by atoms with E-state index in [1.54, 1.807) is 12.4 Å². The summed E-state index contributed by atoms with van der Waals surface area (Å²) < 4.78 is 19.2. The molecule has 29 heavy (non-hydrogen) atoms. The molecule has 3 nitrogen and oxygen atoms in total. The maximum atomic E-state index is 13.4. The molecule has 4 rings (SSSR count). The molecule has 0 atom stereocenters. The van der Waals surface area contributed by atoms with E-state index in [1.165, 1.54) is 17.7 Å². The maximum absolute atomic E-state index is 13.4. The molecule has 0 aliphatic carbocycles. The lowest BCUT2D eigenvalue weighted by atomic mass is 9.96. The van der Waals surface area contributed by atoms with E-state index >= 15 is 0 Å². The molecule has 4 heteroatoms. The van der Waals surface area contributed by atoms with Crippen LogP contribution in [-0.4, -0.2) is 16.6 Å². The molecule has 0 saturated carbocycles. The van der Waals surface area contributed by atoms with Gasteiger partial charge in [0.15, 0.2) is 0 Å². The van der Waals surface area contributed by atoms with Crippen LogP contribution in [0, 0.1) is 5.82 Å². The van der Waals surface area contributed by atoms with Crippen LogP contribution < -0.4 is 0 Å². The highest BCUT2D eigenvalue weighted by atomic mass is 19.1. The van der Waals surface area contributed by atoms with E-state index in [9.17, 15) is 4.39 Å². The van der Waals surface area contributed by atoms with Crippen molar-refractivity contribution in [3.05, 3.63) is 102 Å². The van der Waals surface area contributed by atoms with Gasteiger partial charge in [0, 0.05) is 42.0 Å². The first kappa shape index (κ1) is 19.1. The number of nitrogens with one attached hydrogen (secondary N) is 1. The number of benzene rings is 2. The van der Waals surface area contributed by atoms with Crippen LogP contribution >= 0.6 is 0 Å². The van der Waals surface area contributed by atoms with Crippen molar-refractivity contribution in [1.29, 1.82) is 0 Å². The molecule has 0 aliphatic rings. The molecule has 2 aromatic carbocycles. The number of halogens is 1. The van der Waals surface area contributed by atoms with Gasteiger partial charge < -0.3 is 9.72 Å². The number of aromatic amines is 1. The Labute approximate surface area is 170 Å². The fraction of sp³-hybridized carbons (Fsp3) is 0.160. The lowest BCUT2D eigenvalue weighted by Crippen LogP contribution is -1.98. The molecule has 0 radical (unpaired) electrons. The first-order valence-electron chi connectivity index (χ1n) is 9.79. The van der Waals surface area contributed by atoms with Gasteiger partial charge >= 0.3 is 0 Å². The molecule has 2 heterocycles. The zero-order valence-corrected chi connectivity index (χ0v) is 16.1. The van der Waals surface area contributed by atoms with Crippen LogP contribution in [0.2, 0.25) is 0 Å². The average molecular weight is 386 g/mol. The number of ether oxygens (including phenoxy) is 1. The van der Waals surface area contributed by atoms with Crippen LogP contribution in [0.3, 0.4) is 0 Å². The molecule has 0 spiro atoms. The molecule has 0 aliphatic heterocycles. The third kappa shape index (κ3) is 4.79. The predicted octanol–water partition coefficient (Wildman–Crippen LogP) is 6.03.